The second-order valence-corrected chi connectivity index (χ2v) is 9.50. The fraction of sp³-hybridized carbons (Fsp3) is 0.286. The van der Waals surface area contributed by atoms with Crippen LogP contribution in [0.3, 0.4) is 0 Å². The smallest absolute Gasteiger partial charge is 0.251 e. The third-order valence-electron chi connectivity index (χ3n) is 5.94. The normalized spacial score (nSPS) is 12.2. The van der Waals surface area contributed by atoms with Gasteiger partial charge in [0.15, 0.2) is 0 Å². The number of pyridine rings is 1. The number of anilines is 1. The van der Waals surface area contributed by atoms with Gasteiger partial charge >= 0.3 is 0 Å². The Morgan fingerprint density at radius 3 is 2.58 bits per heavy atom. The van der Waals surface area contributed by atoms with Crippen LogP contribution in [0.1, 0.15) is 41.8 Å². The molecule has 4 N–H and O–H groups in total. The molecule has 7 nitrogen and oxygen atoms in total. The Balaban J connectivity index is 1.47. The molecule has 188 valence electrons. The SMILES string of the molecule is Cc1cccn2c(Cl)c(-c3ccc(C[C@@H](CCO)NC(=O)c4ccc(OC(C)C)c(N)c4)cc3)nc12. The topological polar surface area (TPSA) is 102 Å². The number of hydrogen-bond acceptors (Lipinski definition) is 5. The standard InChI is InChI=1S/C28H31ClN4O3/c1-17(2)36-24-11-10-21(16-23(24)30)28(35)31-22(12-14-34)15-19-6-8-20(9-7-19)25-26(29)33-13-4-5-18(3)27(33)32-25/h4-11,13,16-17,22,34H,12,14-15,30H2,1-3H3,(H,31,35)/t22-/m1/s1. The fourth-order valence-electron chi connectivity index (χ4n) is 4.14. The number of aliphatic hydroxyl groups is 1. The van der Waals surface area contributed by atoms with Crippen LogP contribution >= 0.6 is 11.6 Å². The van der Waals surface area contributed by atoms with E-state index in [1.165, 1.54) is 0 Å². The summed E-state index contributed by atoms with van der Waals surface area (Å²) < 4.78 is 7.52. The zero-order valence-electron chi connectivity index (χ0n) is 20.7. The maximum atomic E-state index is 12.9. The van der Waals surface area contributed by atoms with Crippen molar-refractivity contribution in [3.05, 3.63) is 82.6 Å². The van der Waals surface area contributed by atoms with Crippen LogP contribution in [0.15, 0.2) is 60.8 Å². The first kappa shape index (κ1) is 25.5. The number of nitrogens with two attached hydrogens (primary N) is 1. The van der Waals surface area contributed by atoms with Gasteiger partial charge in [-0.2, -0.15) is 0 Å². The number of carbonyl (C=O) groups is 1. The predicted molar refractivity (Wildman–Crippen MR) is 144 cm³/mol. The number of imidazole rings is 1. The number of nitrogen functional groups attached to an aromatic ring is 1. The summed E-state index contributed by atoms with van der Waals surface area (Å²) in [5.74, 6) is 0.300. The molecule has 4 rings (SSSR count). The van der Waals surface area contributed by atoms with Gasteiger partial charge in [-0.1, -0.05) is 41.9 Å². The number of nitrogens with zero attached hydrogens (tertiary/aromatic N) is 2. The largest absolute Gasteiger partial charge is 0.489 e. The molecule has 2 aromatic carbocycles. The lowest BCUT2D eigenvalue weighted by Crippen LogP contribution is -2.37. The minimum absolute atomic E-state index is 0.0138. The number of rotatable bonds is 9. The number of hydrogen-bond donors (Lipinski definition) is 3. The van der Waals surface area contributed by atoms with Crippen LogP contribution in [-0.4, -0.2) is 39.2 Å². The molecule has 36 heavy (non-hydrogen) atoms. The van der Waals surface area contributed by atoms with Crippen molar-refractivity contribution >= 4 is 28.8 Å². The monoisotopic (exact) mass is 506 g/mol. The maximum absolute atomic E-state index is 12.9. The highest BCUT2D eigenvalue weighted by atomic mass is 35.5. The van der Waals surface area contributed by atoms with Crippen molar-refractivity contribution < 1.29 is 14.6 Å². The average Bonchev–Trinajstić information content (AvgIpc) is 3.18. The van der Waals surface area contributed by atoms with Crippen LogP contribution in [0.2, 0.25) is 5.15 Å². The molecule has 0 radical (unpaired) electrons. The van der Waals surface area contributed by atoms with Gasteiger partial charge in [-0.25, -0.2) is 4.98 Å². The summed E-state index contributed by atoms with van der Waals surface area (Å²) in [5.41, 5.74) is 11.5. The Kier molecular flexibility index (Phi) is 7.82. The molecule has 1 amide bonds. The predicted octanol–water partition coefficient (Wildman–Crippen LogP) is 5.06. The van der Waals surface area contributed by atoms with Crippen LogP contribution in [0.25, 0.3) is 16.9 Å². The van der Waals surface area contributed by atoms with E-state index >= 15 is 0 Å². The fourth-order valence-corrected chi connectivity index (χ4v) is 4.43. The van der Waals surface area contributed by atoms with E-state index in [4.69, 9.17) is 27.1 Å². The van der Waals surface area contributed by atoms with Gasteiger partial charge in [-0.05, 0) is 69.0 Å². The van der Waals surface area contributed by atoms with Crippen LogP contribution in [0, 0.1) is 6.92 Å². The Morgan fingerprint density at radius 2 is 1.94 bits per heavy atom. The number of aromatic nitrogens is 2. The van der Waals surface area contributed by atoms with Gasteiger partial charge in [-0.3, -0.25) is 9.20 Å². The van der Waals surface area contributed by atoms with Crippen molar-refractivity contribution in [3.8, 4) is 17.0 Å². The first-order valence-corrected chi connectivity index (χ1v) is 12.3. The van der Waals surface area contributed by atoms with Crippen LogP contribution in [0.5, 0.6) is 5.75 Å². The second-order valence-electron chi connectivity index (χ2n) is 9.14. The van der Waals surface area contributed by atoms with Crippen molar-refractivity contribution in [1.82, 2.24) is 14.7 Å². The van der Waals surface area contributed by atoms with Crippen molar-refractivity contribution in [3.63, 3.8) is 0 Å². The highest BCUT2D eigenvalue weighted by Gasteiger charge is 2.17. The molecule has 4 aromatic rings. The van der Waals surface area contributed by atoms with Gasteiger partial charge in [0, 0.05) is 30.0 Å². The summed E-state index contributed by atoms with van der Waals surface area (Å²) in [6.45, 7) is 5.80. The first-order chi connectivity index (χ1) is 17.3. The number of aryl methyl sites for hydroxylation is 1. The zero-order chi connectivity index (χ0) is 25.8. The quantitative estimate of drug-likeness (QED) is 0.275. The van der Waals surface area contributed by atoms with Gasteiger partial charge < -0.3 is 20.9 Å². The molecule has 0 unspecified atom stereocenters. The number of halogens is 1. The summed E-state index contributed by atoms with van der Waals surface area (Å²) in [7, 11) is 0. The lowest BCUT2D eigenvalue weighted by Gasteiger charge is -2.19. The summed E-state index contributed by atoms with van der Waals surface area (Å²) in [4.78, 5) is 17.6. The van der Waals surface area contributed by atoms with E-state index in [9.17, 15) is 9.90 Å². The Hall–Kier alpha value is -3.55. The molecular weight excluding hydrogens is 476 g/mol. The lowest BCUT2D eigenvalue weighted by atomic mass is 10.0. The van der Waals surface area contributed by atoms with Gasteiger partial charge in [0.2, 0.25) is 0 Å². The van der Waals surface area contributed by atoms with Crippen molar-refractivity contribution in [2.24, 2.45) is 0 Å². The van der Waals surface area contributed by atoms with Crippen LogP contribution in [0.4, 0.5) is 5.69 Å². The van der Waals surface area contributed by atoms with Gasteiger partial charge in [-0.15, -0.1) is 0 Å². The summed E-state index contributed by atoms with van der Waals surface area (Å²) in [6, 6.07) is 16.6. The van der Waals surface area contributed by atoms with E-state index < -0.39 is 0 Å². The number of fused-ring (bicyclic) bond motifs is 1. The van der Waals surface area contributed by atoms with E-state index in [-0.39, 0.29) is 24.7 Å². The number of benzene rings is 2. The molecule has 0 fully saturated rings. The summed E-state index contributed by atoms with van der Waals surface area (Å²) in [6.07, 6.45) is 2.88. The minimum atomic E-state index is -0.250. The molecule has 0 saturated carbocycles. The van der Waals surface area contributed by atoms with Crippen molar-refractivity contribution in [2.75, 3.05) is 12.3 Å². The Bertz CT molecular complexity index is 1370. The lowest BCUT2D eigenvalue weighted by molar-refractivity contribution is 0.0930. The second kappa shape index (κ2) is 11.0. The minimum Gasteiger partial charge on any atom is -0.489 e. The first-order valence-electron chi connectivity index (χ1n) is 12.0. The van der Waals surface area contributed by atoms with E-state index in [1.807, 2.05) is 67.8 Å². The molecule has 0 spiro atoms. The molecule has 0 bridgehead atoms. The highest BCUT2D eigenvalue weighted by Crippen LogP contribution is 2.30. The Labute approximate surface area is 215 Å². The van der Waals surface area contributed by atoms with Crippen molar-refractivity contribution in [2.45, 2.75) is 45.8 Å². The molecule has 0 saturated heterocycles. The molecule has 1 atom stereocenters. The molecule has 0 aliphatic carbocycles. The number of nitrogens with one attached hydrogen (secondary N) is 1. The highest BCUT2D eigenvalue weighted by molar-refractivity contribution is 6.32. The number of carbonyl (C=O) groups excluding carboxylic acids is 1. The van der Waals surface area contributed by atoms with Crippen LogP contribution in [-0.2, 0) is 6.42 Å². The summed E-state index contributed by atoms with van der Waals surface area (Å²) >= 11 is 6.60. The van der Waals surface area contributed by atoms with Crippen molar-refractivity contribution in [1.29, 1.82) is 0 Å². The molecule has 2 aromatic heterocycles. The van der Waals surface area contributed by atoms with Gasteiger partial charge in [0.25, 0.3) is 5.91 Å². The van der Waals surface area contributed by atoms with E-state index in [1.54, 1.807) is 18.2 Å². The third-order valence-corrected chi connectivity index (χ3v) is 6.30. The third kappa shape index (κ3) is 5.64. The number of aliphatic hydroxyl groups excluding tert-OH is 1. The van der Waals surface area contributed by atoms with E-state index in [0.717, 1.165) is 28.0 Å². The summed E-state index contributed by atoms with van der Waals surface area (Å²) in [5, 5.41) is 13.1. The van der Waals surface area contributed by atoms with Gasteiger partial charge in [0.05, 0.1) is 11.8 Å². The average molecular weight is 507 g/mol. The van der Waals surface area contributed by atoms with E-state index in [2.05, 4.69) is 5.32 Å². The molecule has 8 heteroatoms. The number of ether oxygens (including phenoxy) is 1. The molecule has 0 aliphatic rings. The Morgan fingerprint density at radius 1 is 1.19 bits per heavy atom. The number of amides is 1. The molecule has 0 aliphatic heterocycles. The maximum Gasteiger partial charge on any atom is 0.251 e. The van der Waals surface area contributed by atoms with E-state index in [0.29, 0.717) is 35.0 Å². The van der Waals surface area contributed by atoms with Crippen LogP contribution < -0.4 is 15.8 Å². The zero-order valence-corrected chi connectivity index (χ0v) is 21.4. The molecular formula is C28H31ClN4O3. The molecule has 2 heterocycles. The van der Waals surface area contributed by atoms with Gasteiger partial charge in [0.1, 0.15) is 22.2 Å².